The average Bonchev–Trinajstić information content (AvgIpc) is 2.29. The van der Waals surface area contributed by atoms with E-state index in [9.17, 15) is 4.39 Å². The molecule has 94 valence electrons. The fraction of sp³-hybridized carbons (Fsp3) is 0.538. The van der Waals surface area contributed by atoms with Crippen LogP contribution in [0.5, 0.6) is 0 Å². The van der Waals surface area contributed by atoms with E-state index < -0.39 is 0 Å². The predicted molar refractivity (Wildman–Crippen MR) is 73.0 cm³/mol. The van der Waals surface area contributed by atoms with Crippen LogP contribution in [-0.2, 0) is 0 Å². The van der Waals surface area contributed by atoms with Gasteiger partial charge in [-0.1, -0.05) is 0 Å². The second-order valence-corrected chi connectivity index (χ2v) is 5.66. The lowest BCUT2D eigenvalue weighted by Gasteiger charge is -2.30. The van der Waals surface area contributed by atoms with Crippen molar-refractivity contribution in [2.75, 3.05) is 25.5 Å². The van der Waals surface area contributed by atoms with E-state index in [0.717, 1.165) is 37.2 Å². The number of hydrogen-bond donors (Lipinski definition) is 1. The van der Waals surface area contributed by atoms with Gasteiger partial charge in [-0.25, -0.2) is 4.39 Å². The van der Waals surface area contributed by atoms with Gasteiger partial charge < -0.3 is 10.2 Å². The van der Waals surface area contributed by atoms with E-state index in [0.29, 0.717) is 10.5 Å². The third kappa shape index (κ3) is 3.19. The molecule has 1 aromatic carbocycles. The molecule has 0 saturated carbocycles. The fourth-order valence-corrected chi connectivity index (χ4v) is 2.52. The second kappa shape index (κ2) is 5.36. The summed E-state index contributed by atoms with van der Waals surface area (Å²) >= 11 is 3.23. The van der Waals surface area contributed by atoms with Crippen molar-refractivity contribution in [3.63, 3.8) is 0 Å². The maximum Gasteiger partial charge on any atom is 0.137 e. The number of rotatable bonds is 2. The topological polar surface area (TPSA) is 15.3 Å². The van der Waals surface area contributed by atoms with Crippen LogP contribution in [-0.4, -0.2) is 31.1 Å². The molecule has 1 heterocycles. The molecule has 1 aromatic rings. The Bertz CT molecular complexity index is 401. The minimum Gasteiger partial charge on any atom is -0.382 e. The molecule has 1 aliphatic heterocycles. The molecule has 2 rings (SSSR count). The zero-order valence-corrected chi connectivity index (χ0v) is 11.8. The van der Waals surface area contributed by atoms with Crippen molar-refractivity contribution in [2.45, 2.75) is 25.8 Å². The summed E-state index contributed by atoms with van der Waals surface area (Å²) in [4.78, 5) is 2.34. The van der Waals surface area contributed by atoms with Crippen molar-refractivity contribution in [1.82, 2.24) is 4.90 Å². The van der Waals surface area contributed by atoms with Crippen LogP contribution in [0.1, 0.15) is 18.4 Å². The molecule has 1 N–H and O–H groups in total. The van der Waals surface area contributed by atoms with E-state index >= 15 is 0 Å². The highest BCUT2D eigenvalue weighted by Crippen LogP contribution is 2.26. The number of nitrogens with one attached hydrogen (secondary N) is 1. The van der Waals surface area contributed by atoms with Gasteiger partial charge in [0.1, 0.15) is 5.82 Å². The fourth-order valence-electron chi connectivity index (χ4n) is 2.17. The quantitative estimate of drug-likeness (QED) is 0.900. The third-order valence-electron chi connectivity index (χ3n) is 3.35. The average molecular weight is 301 g/mol. The second-order valence-electron chi connectivity index (χ2n) is 4.80. The number of hydrogen-bond acceptors (Lipinski definition) is 2. The summed E-state index contributed by atoms with van der Waals surface area (Å²) in [5, 5.41) is 3.51. The standard InChI is InChI=1S/C13H18BrFN2/c1-9-7-12(15)11(14)8-13(9)16-10-3-5-17(2)6-4-10/h7-8,10,16H,3-6H2,1-2H3. The number of anilines is 1. The SMILES string of the molecule is Cc1cc(F)c(Br)cc1NC1CCN(C)CC1. The van der Waals surface area contributed by atoms with Crippen LogP contribution in [0.4, 0.5) is 10.1 Å². The molecule has 1 saturated heterocycles. The van der Waals surface area contributed by atoms with Crippen LogP contribution in [0.2, 0.25) is 0 Å². The minimum absolute atomic E-state index is 0.198. The summed E-state index contributed by atoms with van der Waals surface area (Å²) in [5.41, 5.74) is 2.00. The van der Waals surface area contributed by atoms with E-state index in [1.807, 2.05) is 13.0 Å². The lowest BCUT2D eigenvalue weighted by molar-refractivity contribution is 0.264. The number of benzene rings is 1. The highest BCUT2D eigenvalue weighted by atomic mass is 79.9. The van der Waals surface area contributed by atoms with Gasteiger partial charge in [-0.3, -0.25) is 0 Å². The molecule has 1 fully saturated rings. The summed E-state index contributed by atoms with van der Waals surface area (Å²) in [6.45, 7) is 4.19. The maximum atomic E-state index is 13.3. The van der Waals surface area contributed by atoms with Gasteiger partial charge in [0.15, 0.2) is 0 Å². The Morgan fingerprint density at radius 1 is 1.35 bits per heavy atom. The largest absolute Gasteiger partial charge is 0.382 e. The molecule has 4 heteroatoms. The van der Waals surface area contributed by atoms with Gasteiger partial charge in [0.25, 0.3) is 0 Å². The Morgan fingerprint density at radius 3 is 2.65 bits per heavy atom. The van der Waals surface area contributed by atoms with E-state index in [4.69, 9.17) is 0 Å². The van der Waals surface area contributed by atoms with E-state index in [2.05, 4.69) is 33.2 Å². The molecular formula is C13H18BrFN2. The van der Waals surface area contributed by atoms with Crippen LogP contribution in [0.15, 0.2) is 16.6 Å². The van der Waals surface area contributed by atoms with Gasteiger partial charge in [-0.05, 0) is 73.5 Å². The molecule has 0 unspecified atom stereocenters. The summed E-state index contributed by atoms with van der Waals surface area (Å²) in [6, 6.07) is 3.91. The number of halogens is 2. The molecule has 0 amide bonds. The molecule has 2 nitrogen and oxygen atoms in total. The normalized spacial score (nSPS) is 18.4. The zero-order valence-electron chi connectivity index (χ0n) is 10.3. The number of aryl methyl sites for hydroxylation is 1. The van der Waals surface area contributed by atoms with Crippen molar-refractivity contribution in [3.05, 3.63) is 28.0 Å². The molecule has 0 aliphatic carbocycles. The van der Waals surface area contributed by atoms with E-state index in [1.165, 1.54) is 0 Å². The molecule has 0 bridgehead atoms. The van der Waals surface area contributed by atoms with Gasteiger partial charge in [0.2, 0.25) is 0 Å². The summed E-state index contributed by atoms with van der Waals surface area (Å²) in [6.07, 6.45) is 2.29. The molecule has 1 aliphatic rings. The summed E-state index contributed by atoms with van der Waals surface area (Å²) < 4.78 is 13.8. The third-order valence-corrected chi connectivity index (χ3v) is 3.95. The van der Waals surface area contributed by atoms with Gasteiger partial charge in [0.05, 0.1) is 4.47 Å². The Labute approximate surface area is 110 Å². The smallest absolute Gasteiger partial charge is 0.137 e. The monoisotopic (exact) mass is 300 g/mol. The maximum absolute atomic E-state index is 13.3. The molecule has 0 radical (unpaired) electrons. The Kier molecular flexibility index (Phi) is 4.05. The van der Waals surface area contributed by atoms with Gasteiger partial charge in [-0.15, -0.1) is 0 Å². The first-order valence-corrected chi connectivity index (χ1v) is 6.76. The van der Waals surface area contributed by atoms with E-state index in [1.54, 1.807) is 6.07 Å². The number of nitrogens with zero attached hydrogens (tertiary/aromatic N) is 1. The van der Waals surface area contributed by atoms with E-state index in [-0.39, 0.29) is 5.82 Å². The molecule has 0 spiro atoms. The number of piperidine rings is 1. The van der Waals surface area contributed by atoms with Gasteiger partial charge in [0, 0.05) is 11.7 Å². The summed E-state index contributed by atoms with van der Waals surface area (Å²) in [5.74, 6) is -0.198. The van der Waals surface area contributed by atoms with Crippen LogP contribution >= 0.6 is 15.9 Å². The Morgan fingerprint density at radius 2 is 2.00 bits per heavy atom. The van der Waals surface area contributed by atoms with Crippen LogP contribution in [0.3, 0.4) is 0 Å². The molecular weight excluding hydrogens is 283 g/mol. The lowest BCUT2D eigenvalue weighted by atomic mass is 10.0. The first-order valence-electron chi connectivity index (χ1n) is 5.97. The minimum atomic E-state index is -0.198. The lowest BCUT2D eigenvalue weighted by Crippen LogP contribution is -2.36. The molecule has 0 aromatic heterocycles. The summed E-state index contributed by atoms with van der Waals surface area (Å²) in [7, 11) is 2.15. The first-order chi connectivity index (χ1) is 8.06. The van der Waals surface area contributed by atoms with Crippen LogP contribution in [0, 0.1) is 12.7 Å². The van der Waals surface area contributed by atoms with Crippen molar-refractivity contribution in [2.24, 2.45) is 0 Å². The zero-order chi connectivity index (χ0) is 12.4. The van der Waals surface area contributed by atoms with Crippen molar-refractivity contribution in [3.8, 4) is 0 Å². The van der Waals surface area contributed by atoms with Crippen molar-refractivity contribution >= 4 is 21.6 Å². The van der Waals surface area contributed by atoms with Crippen molar-refractivity contribution < 1.29 is 4.39 Å². The van der Waals surface area contributed by atoms with Crippen LogP contribution < -0.4 is 5.32 Å². The van der Waals surface area contributed by atoms with Crippen molar-refractivity contribution in [1.29, 1.82) is 0 Å². The molecule has 17 heavy (non-hydrogen) atoms. The van der Waals surface area contributed by atoms with Crippen LogP contribution in [0.25, 0.3) is 0 Å². The first kappa shape index (κ1) is 12.8. The Hall–Kier alpha value is -0.610. The van der Waals surface area contributed by atoms with Gasteiger partial charge in [-0.2, -0.15) is 0 Å². The highest BCUT2D eigenvalue weighted by molar-refractivity contribution is 9.10. The van der Waals surface area contributed by atoms with Gasteiger partial charge >= 0.3 is 0 Å². The highest BCUT2D eigenvalue weighted by Gasteiger charge is 2.17. The number of likely N-dealkylation sites (tertiary alicyclic amines) is 1. The Balaban J connectivity index is 2.06. The molecule has 0 atom stereocenters. The predicted octanol–water partition coefficient (Wildman–Crippen LogP) is 3.40.